The molecule has 82 valence electrons. The molecule has 1 aromatic heterocycles. The van der Waals surface area contributed by atoms with Crippen molar-refractivity contribution in [1.29, 1.82) is 0 Å². The van der Waals surface area contributed by atoms with Gasteiger partial charge in [0.2, 0.25) is 5.82 Å². The van der Waals surface area contributed by atoms with Gasteiger partial charge in [-0.05, 0) is 24.6 Å². The number of aromatic nitrogens is 3. The van der Waals surface area contributed by atoms with Crippen LogP contribution < -0.4 is 0 Å². The lowest BCUT2D eigenvalue weighted by Gasteiger charge is -2.04. The van der Waals surface area contributed by atoms with Gasteiger partial charge in [-0.3, -0.25) is 4.79 Å². The van der Waals surface area contributed by atoms with Gasteiger partial charge in [-0.15, -0.1) is 5.10 Å². The number of nitrogens with zero attached hydrogens (tertiary/aromatic N) is 3. The zero-order valence-corrected chi connectivity index (χ0v) is 9.34. The Morgan fingerprint density at radius 1 is 1.44 bits per heavy atom. The summed E-state index contributed by atoms with van der Waals surface area (Å²) in [4.78, 5) is 14.8. The molecule has 2 aromatic rings. The van der Waals surface area contributed by atoms with E-state index >= 15 is 0 Å². The minimum absolute atomic E-state index is 0.235. The highest BCUT2D eigenvalue weighted by Crippen LogP contribution is 2.11. The monoisotopic (exact) mass is 215 g/mol. The van der Waals surface area contributed by atoms with E-state index in [1.54, 1.807) is 4.68 Å². The van der Waals surface area contributed by atoms with Crippen LogP contribution in [0.15, 0.2) is 24.3 Å². The van der Waals surface area contributed by atoms with Crippen LogP contribution >= 0.6 is 0 Å². The predicted molar refractivity (Wildman–Crippen MR) is 60.9 cm³/mol. The minimum atomic E-state index is 0.235. The number of rotatable bonds is 3. The molecule has 0 aliphatic carbocycles. The van der Waals surface area contributed by atoms with E-state index in [1.165, 1.54) is 0 Å². The average Bonchev–Trinajstić information content (AvgIpc) is 2.72. The lowest BCUT2D eigenvalue weighted by molar-refractivity contribution is 0.111. The number of aldehydes is 1. The molecule has 1 aromatic carbocycles. The van der Waals surface area contributed by atoms with Crippen molar-refractivity contribution in [2.75, 3.05) is 0 Å². The Balaban J connectivity index is 2.54. The van der Waals surface area contributed by atoms with Gasteiger partial charge >= 0.3 is 0 Å². The summed E-state index contributed by atoms with van der Waals surface area (Å²) in [7, 11) is 0. The van der Waals surface area contributed by atoms with Crippen LogP contribution in [0, 0.1) is 6.92 Å². The molecule has 4 nitrogen and oxygen atoms in total. The first-order chi connectivity index (χ1) is 7.74. The summed E-state index contributed by atoms with van der Waals surface area (Å²) >= 11 is 0. The van der Waals surface area contributed by atoms with Crippen LogP contribution in [0.25, 0.3) is 5.69 Å². The Morgan fingerprint density at radius 2 is 2.25 bits per heavy atom. The molecule has 0 amide bonds. The molecule has 4 heteroatoms. The SMILES string of the molecule is CCc1nc(C=O)nn1-c1cccc(C)c1. The Kier molecular flexibility index (Phi) is 2.81. The fourth-order valence-corrected chi connectivity index (χ4v) is 1.61. The van der Waals surface area contributed by atoms with Gasteiger partial charge in [0.05, 0.1) is 5.69 Å². The van der Waals surface area contributed by atoms with E-state index in [0.717, 1.165) is 23.5 Å². The van der Waals surface area contributed by atoms with E-state index in [9.17, 15) is 4.79 Å². The first kappa shape index (κ1) is 10.5. The molecular weight excluding hydrogens is 202 g/mol. The zero-order chi connectivity index (χ0) is 11.5. The number of hydrogen-bond acceptors (Lipinski definition) is 3. The van der Waals surface area contributed by atoms with Crippen molar-refractivity contribution >= 4 is 6.29 Å². The highest BCUT2D eigenvalue weighted by Gasteiger charge is 2.08. The van der Waals surface area contributed by atoms with Gasteiger partial charge in [0, 0.05) is 6.42 Å². The van der Waals surface area contributed by atoms with E-state index < -0.39 is 0 Å². The molecule has 0 radical (unpaired) electrons. The summed E-state index contributed by atoms with van der Waals surface area (Å²) in [5, 5.41) is 4.15. The quantitative estimate of drug-likeness (QED) is 0.735. The second-order valence-corrected chi connectivity index (χ2v) is 3.61. The van der Waals surface area contributed by atoms with E-state index in [4.69, 9.17) is 0 Å². The highest BCUT2D eigenvalue weighted by molar-refractivity contribution is 5.68. The molecule has 0 saturated heterocycles. The van der Waals surface area contributed by atoms with Crippen molar-refractivity contribution in [1.82, 2.24) is 14.8 Å². The van der Waals surface area contributed by atoms with E-state index in [-0.39, 0.29) is 5.82 Å². The van der Waals surface area contributed by atoms with Crippen LogP contribution in [0.2, 0.25) is 0 Å². The summed E-state index contributed by atoms with van der Waals surface area (Å²) < 4.78 is 1.72. The molecule has 2 rings (SSSR count). The Bertz CT molecular complexity index is 517. The Morgan fingerprint density at radius 3 is 2.88 bits per heavy atom. The maximum atomic E-state index is 10.6. The first-order valence-electron chi connectivity index (χ1n) is 5.22. The predicted octanol–water partition coefficient (Wildman–Crippen LogP) is 1.95. The van der Waals surface area contributed by atoms with Crippen LogP contribution in [0.5, 0.6) is 0 Å². The number of aryl methyl sites for hydroxylation is 2. The van der Waals surface area contributed by atoms with Crippen molar-refractivity contribution < 1.29 is 4.79 Å². The standard InChI is InChI=1S/C12H13N3O/c1-3-12-13-11(8-16)14-15(12)10-6-4-5-9(2)7-10/h4-8H,3H2,1-2H3. The van der Waals surface area contributed by atoms with Crippen molar-refractivity contribution in [3.05, 3.63) is 41.5 Å². The fraction of sp³-hybridized carbons (Fsp3) is 0.250. The summed E-state index contributed by atoms with van der Waals surface area (Å²) in [6, 6.07) is 7.96. The van der Waals surface area contributed by atoms with Gasteiger partial charge in [-0.25, -0.2) is 9.67 Å². The maximum absolute atomic E-state index is 10.6. The molecule has 16 heavy (non-hydrogen) atoms. The number of hydrogen-bond donors (Lipinski definition) is 0. The summed E-state index contributed by atoms with van der Waals surface area (Å²) in [5.74, 6) is 1.03. The number of carbonyl (C=O) groups excluding carboxylic acids is 1. The molecule has 0 atom stereocenters. The fourth-order valence-electron chi connectivity index (χ4n) is 1.61. The number of carbonyl (C=O) groups is 1. The molecule has 0 fully saturated rings. The zero-order valence-electron chi connectivity index (χ0n) is 9.34. The third kappa shape index (κ3) is 1.86. The van der Waals surface area contributed by atoms with E-state index in [0.29, 0.717) is 6.29 Å². The molecular formula is C12H13N3O. The Labute approximate surface area is 93.9 Å². The van der Waals surface area contributed by atoms with E-state index in [2.05, 4.69) is 10.1 Å². The van der Waals surface area contributed by atoms with Crippen molar-refractivity contribution in [3.63, 3.8) is 0 Å². The van der Waals surface area contributed by atoms with Crippen LogP contribution in [0.1, 0.15) is 28.9 Å². The van der Waals surface area contributed by atoms with E-state index in [1.807, 2.05) is 38.1 Å². The molecule has 0 unspecified atom stereocenters. The topological polar surface area (TPSA) is 47.8 Å². The maximum Gasteiger partial charge on any atom is 0.214 e. The largest absolute Gasteiger partial charge is 0.294 e. The van der Waals surface area contributed by atoms with Crippen molar-refractivity contribution in [2.24, 2.45) is 0 Å². The van der Waals surface area contributed by atoms with Gasteiger partial charge in [-0.2, -0.15) is 0 Å². The van der Waals surface area contributed by atoms with Crippen LogP contribution in [-0.4, -0.2) is 21.1 Å². The second kappa shape index (κ2) is 4.26. The van der Waals surface area contributed by atoms with Gasteiger partial charge in [-0.1, -0.05) is 19.1 Å². The first-order valence-corrected chi connectivity index (χ1v) is 5.22. The molecule has 0 aliphatic rings. The van der Waals surface area contributed by atoms with Crippen LogP contribution in [-0.2, 0) is 6.42 Å². The van der Waals surface area contributed by atoms with Crippen molar-refractivity contribution in [3.8, 4) is 5.69 Å². The van der Waals surface area contributed by atoms with Crippen LogP contribution in [0.4, 0.5) is 0 Å². The summed E-state index contributed by atoms with van der Waals surface area (Å²) in [5.41, 5.74) is 2.10. The second-order valence-electron chi connectivity index (χ2n) is 3.61. The molecule has 0 saturated carbocycles. The third-order valence-electron chi connectivity index (χ3n) is 2.36. The molecule has 1 heterocycles. The van der Waals surface area contributed by atoms with Gasteiger partial charge in [0.15, 0.2) is 6.29 Å². The van der Waals surface area contributed by atoms with Gasteiger partial charge < -0.3 is 0 Å². The van der Waals surface area contributed by atoms with Gasteiger partial charge in [0.25, 0.3) is 0 Å². The normalized spacial score (nSPS) is 10.4. The highest BCUT2D eigenvalue weighted by atomic mass is 16.1. The summed E-state index contributed by atoms with van der Waals surface area (Å²) in [6.45, 7) is 4.01. The lowest BCUT2D eigenvalue weighted by atomic mass is 10.2. The molecule has 0 N–H and O–H groups in total. The molecule has 0 spiro atoms. The molecule has 0 aliphatic heterocycles. The number of benzene rings is 1. The lowest BCUT2D eigenvalue weighted by Crippen LogP contribution is -2.02. The van der Waals surface area contributed by atoms with Crippen LogP contribution in [0.3, 0.4) is 0 Å². The van der Waals surface area contributed by atoms with Gasteiger partial charge in [0.1, 0.15) is 5.82 Å². The minimum Gasteiger partial charge on any atom is -0.294 e. The third-order valence-corrected chi connectivity index (χ3v) is 2.36. The average molecular weight is 215 g/mol. The Hall–Kier alpha value is -1.97. The molecule has 0 bridgehead atoms. The summed E-state index contributed by atoms with van der Waals surface area (Å²) in [6.07, 6.45) is 1.42. The smallest absolute Gasteiger partial charge is 0.214 e. The van der Waals surface area contributed by atoms with Crippen molar-refractivity contribution in [2.45, 2.75) is 20.3 Å².